The highest BCUT2D eigenvalue weighted by Crippen LogP contribution is 2.42. The number of benzene rings is 4. The lowest BCUT2D eigenvalue weighted by Gasteiger charge is -2.15. The van der Waals surface area contributed by atoms with Crippen LogP contribution >= 0.6 is 27.5 Å². The van der Waals surface area contributed by atoms with Gasteiger partial charge in [0.25, 0.3) is 11.5 Å². The Kier molecular flexibility index (Phi) is 7.95. The molecule has 0 bridgehead atoms. The number of hydrogen-bond acceptors (Lipinski definition) is 7. The molecule has 0 radical (unpaired) electrons. The molecule has 0 aliphatic heterocycles. The Morgan fingerprint density at radius 3 is 2.60 bits per heavy atom. The van der Waals surface area contributed by atoms with Gasteiger partial charge in [-0.25, -0.2) is 4.98 Å². The number of ether oxygens (including phenoxy) is 2. The molecular formula is C32H22BrClN4O5. The van der Waals surface area contributed by atoms with Gasteiger partial charge in [-0.1, -0.05) is 60.1 Å². The van der Waals surface area contributed by atoms with Crippen LogP contribution in [-0.2, 0) is 4.79 Å². The van der Waals surface area contributed by atoms with Crippen molar-refractivity contribution in [2.45, 2.75) is 0 Å². The zero-order valence-electron chi connectivity index (χ0n) is 22.6. The molecule has 2 aromatic heterocycles. The number of carbonyl (C=O) groups is 1. The molecule has 4 aromatic carbocycles. The summed E-state index contributed by atoms with van der Waals surface area (Å²) < 4.78 is 18.9. The van der Waals surface area contributed by atoms with Gasteiger partial charge in [0.05, 0.1) is 24.2 Å². The number of anilines is 1. The minimum atomic E-state index is -0.379. The maximum atomic E-state index is 13.6. The standard InChI is InChI=1S/C32H22BrClN4O5/c1-41-25-16-20(28(33)29(34)30(25)42-18-27(39)36-21-10-3-2-4-11-21)17-35-38-31(26-15-19-9-5-8-14-24(19)43-26)37-23-13-7-6-12-22(23)32(38)40/h2-17H,18H2,1H3,(H,36,39). The summed E-state index contributed by atoms with van der Waals surface area (Å²) in [7, 11) is 1.45. The molecule has 0 unspecified atom stereocenters. The molecule has 1 amide bonds. The lowest BCUT2D eigenvalue weighted by Crippen LogP contribution is -2.20. The van der Waals surface area contributed by atoms with Gasteiger partial charge in [0.1, 0.15) is 10.6 Å². The Morgan fingerprint density at radius 1 is 1.07 bits per heavy atom. The highest BCUT2D eigenvalue weighted by atomic mass is 79.9. The van der Waals surface area contributed by atoms with Crippen molar-refractivity contribution >= 4 is 67.2 Å². The molecule has 0 atom stereocenters. The number of nitrogens with zero attached hydrogens (tertiary/aromatic N) is 3. The first-order chi connectivity index (χ1) is 20.9. The molecule has 11 heteroatoms. The zero-order chi connectivity index (χ0) is 29.9. The largest absolute Gasteiger partial charge is 0.493 e. The molecule has 0 saturated carbocycles. The highest BCUT2D eigenvalue weighted by Gasteiger charge is 2.20. The van der Waals surface area contributed by atoms with E-state index < -0.39 is 0 Å². The van der Waals surface area contributed by atoms with Gasteiger partial charge in [0, 0.05) is 21.1 Å². The number of methoxy groups -OCH3 is 1. The number of fused-ring (bicyclic) bond motifs is 2. The second-order valence-electron chi connectivity index (χ2n) is 9.29. The molecule has 1 N–H and O–H groups in total. The molecule has 2 heterocycles. The summed E-state index contributed by atoms with van der Waals surface area (Å²) in [5, 5.41) is 8.68. The summed E-state index contributed by atoms with van der Waals surface area (Å²) in [5.74, 6) is 0.683. The summed E-state index contributed by atoms with van der Waals surface area (Å²) in [5.41, 5.74) is 1.91. The molecule has 0 saturated heterocycles. The molecule has 0 spiro atoms. The van der Waals surface area contributed by atoms with Crippen LogP contribution in [0.3, 0.4) is 0 Å². The van der Waals surface area contributed by atoms with E-state index in [1.165, 1.54) is 18.0 Å². The van der Waals surface area contributed by atoms with Crippen LogP contribution in [0.2, 0.25) is 5.02 Å². The average molecular weight is 658 g/mol. The van der Waals surface area contributed by atoms with Gasteiger partial charge in [0.15, 0.2) is 23.9 Å². The minimum Gasteiger partial charge on any atom is -0.493 e. The van der Waals surface area contributed by atoms with Crippen LogP contribution in [0.1, 0.15) is 5.56 Å². The van der Waals surface area contributed by atoms with Crippen molar-refractivity contribution in [3.05, 3.63) is 116 Å². The number of nitrogens with one attached hydrogen (secondary N) is 1. The average Bonchev–Trinajstić information content (AvgIpc) is 3.46. The predicted molar refractivity (Wildman–Crippen MR) is 170 cm³/mol. The number of para-hydroxylation sites is 3. The number of rotatable bonds is 8. The van der Waals surface area contributed by atoms with Crippen LogP contribution in [-0.4, -0.2) is 35.5 Å². The summed E-state index contributed by atoms with van der Waals surface area (Å²) in [4.78, 5) is 30.8. The monoisotopic (exact) mass is 656 g/mol. The predicted octanol–water partition coefficient (Wildman–Crippen LogP) is 7.13. The molecule has 43 heavy (non-hydrogen) atoms. The van der Waals surface area contributed by atoms with Crippen molar-refractivity contribution in [1.82, 2.24) is 9.66 Å². The van der Waals surface area contributed by atoms with Gasteiger partial charge in [0.2, 0.25) is 5.82 Å². The van der Waals surface area contributed by atoms with E-state index in [9.17, 15) is 9.59 Å². The van der Waals surface area contributed by atoms with E-state index in [1.54, 1.807) is 36.4 Å². The number of hydrogen-bond donors (Lipinski definition) is 1. The third-order valence-electron chi connectivity index (χ3n) is 6.49. The number of halogens is 2. The maximum absolute atomic E-state index is 13.6. The van der Waals surface area contributed by atoms with Crippen molar-refractivity contribution in [1.29, 1.82) is 0 Å². The SMILES string of the molecule is COc1cc(C=Nn2c(-c3cc4ccccc4o3)nc3ccccc3c2=O)c(Br)c(Cl)c1OCC(=O)Nc1ccccc1. The zero-order valence-corrected chi connectivity index (χ0v) is 24.9. The molecule has 6 rings (SSSR count). The Bertz CT molecular complexity index is 2040. The first-order valence-corrected chi connectivity index (χ1v) is 14.2. The number of aromatic nitrogens is 2. The van der Waals surface area contributed by atoms with Crippen LogP contribution in [0.25, 0.3) is 33.5 Å². The lowest BCUT2D eigenvalue weighted by molar-refractivity contribution is -0.118. The number of furan rings is 1. The van der Waals surface area contributed by atoms with Crippen LogP contribution in [0, 0.1) is 0 Å². The van der Waals surface area contributed by atoms with E-state index in [0.717, 1.165) is 5.39 Å². The smallest absolute Gasteiger partial charge is 0.282 e. The van der Waals surface area contributed by atoms with Gasteiger partial charge >= 0.3 is 0 Å². The van der Waals surface area contributed by atoms with Gasteiger partial charge in [-0.05, 0) is 58.4 Å². The minimum absolute atomic E-state index is 0.162. The van der Waals surface area contributed by atoms with Crippen LogP contribution in [0.15, 0.2) is 110 Å². The molecule has 0 aliphatic carbocycles. The summed E-state index contributed by atoms with van der Waals surface area (Å²) in [6.07, 6.45) is 1.45. The Balaban J connectivity index is 1.36. The van der Waals surface area contributed by atoms with E-state index >= 15 is 0 Å². The summed E-state index contributed by atoms with van der Waals surface area (Å²) in [6, 6.07) is 27.0. The van der Waals surface area contributed by atoms with Crippen molar-refractivity contribution in [2.75, 3.05) is 19.0 Å². The van der Waals surface area contributed by atoms with E-state index in [2.05, 4.69) is 26.3 Å². The van der Waals surface area contributed by atoms with Gasteiger partial charge in [-0.2, -0.15) is 9.78 Å². The summed E-state index contributed by atoms with van der Waals surface area (Å²) >= 11 is 10.1. The summed E-state index contributed by atoms with van der Waals surface area (Å²) in [6.45, 7) is -0.302. The van der Waals surface area contributed by atoms with Gasteiger partial charge in [-0.3, -0.25) is 9.59 Å². The van der Waals surface area contributed by atoms with Crippen molar-refractivity contribution in [2.24, 2.45) is 5.10 Å². The number of amides is 1. The molecule has 0 aliphatic rings. The fourth-order valence-corrected chi connectivity index (χ4v) is 5.10. The number of carbonyl (C=O) groups excluding carboxylic acids is 1. The van der Waals surface area contributed by atoms with Crippen molar-refractivity contribution in [3.63, 3.8) is 0 Å². The molecular weight excluding hydrogens is 636 g/mol. The molecule has 9 nitrogen and oxygen atoms in total. The van der Waals surface area contributed by atoms with Crippen LogP contribution < -0.4 is 20.3 Å². The van der Waals surface area contributed by atoms with Crippen LogP contribution in [0.4, 0.5) is 5.69 Å². The topological polar surface area (TPSA) is 108 Å². The Labute approximate surface area is 258 Å². The fourth-order valence-electron chi connectivity index (χ4n) is 4.44. The van der Waals surface area contributed by atoms with Crippen LogP contribution in [0.5, 0.6) is 11.5 Å². The molecule has 214 valence electrons. The Hall–Kier alpha value is -4.93. The van der Waals surface area contributed by atoms with E-state index in [0.29, 0.717) is 38.0 Å². The first-order valence-electron chi connectivity index (χ1n) is 13.0. The van der Waals surface area contributed by atoms with Gasteiger partial charge in [-0.15, -0.1) is 0 Å². The van der Waals surface area contributed by atoms with E-state index in [4.69, 9.17) is 30.5 Å². The quantitative estimate of drug-likeness (QED) is 0.175. The van der Waals surface area contributed by atoms with Crippen molar-refractivity contribution < 1.29 is 18.7 Å². The first kappa shape index (κ1) is 28.2. The third kappa shape index (κ3) is 5.75. The fraction of sp³-hybridized carbons (Fsp3) is 0.0625. The molecule has 0 fully saturated rings. The van der Waals surface area contributed by atoms with Crippen molar-refractivity contribution in [3.8, 4) is 23.1 Å². The highest BCUT2D eigenvalue weighted by molar-refractivity contribution is 9.10. The third-order valence-corrected chi connectivity index (χ3v) is 7.94. The maximum Gasteiger partial charge on any atom is 0.282 e. The normalized spacial score (nSPS) is 11.3. The second-order valence-corrected chi connectivity index (χ2v) is 10.5. The lowest BCUT2D eigenvalue weighted by atomic mass is 10.2. The Morgan fingerprint density at radius 2 is 1.81 bits per heavy atom. The molecule has 6 aromatic rings. The van der Waals surface area contributed by atoms with E-state index in [1.807, 2.05) is 54.6 Å². The van der Waals surface area contributed by atoms with E-state index in [-0.39, 0.29) is 40.4 Å². The van der Waals surface area contributed by atoms with Gasteiger partial charge < -0.3 is 19.2 Å². The second kappa shape index (κ2) is 12.1.